The topological polar surface area (TPSA) is 94.8 Å². The standard InChI is InChI=1S/C2H5NO2.Fe.H2O/c3-1-2(4)5;;/h1,3H2,(H,4,5);;1H2. The van der Waals surface area contributed by atoms with Gasteiger partial charge in [0, 0.05) is 17.1 Å². The van der Waals surface area contributed by atoms with E-state index in [0.29, 0.717) is 0 Å². The number of rotatable bonds is 1. The Morgan fingerprint density at radius 1 is 1.71 bits per heavy atom. The molecule has 0 aliphatic heterocycles. The van der Waals surface area contributed by atoms with Crippen molar-refractivity contribution in [2.24, 2.45) is 5.73 Å². The van der Waals surface area contributed by atoms with Crippen LogP contribution in [0.5, 0.6) is 0 Å². The summed E-state index contributed by atoms with van der Waals surface area (Å²) in [6.45, 7) is -0.278. The van der Waals surface area contributed by atoms with Gasteiger partial charge in [0.05, 0.1) is 6.54 Å². The maximum atomic E-state index is 9.24. The zero-order valence-corrected chi connectivity index (χ0v) is 4.60. The quantitative estimate of drug-likeness (QED) is 0.430. The summed E-state index contributed by atoms with van der Waals surface area (Å²) in [5, 5.41) is 7.60. The smallest absolute Gasteiger partial charge is 0.317 e. The Hall–Kier alpha value is -0.0905. The fourth-order valence-corrected chi connectivity index (χ4v) is 0. The molecule has 5 N–H and O–H groups in total. The SMILES string of the molecule is NCC(=O)O.O.[Fe]. The van der Waals surface area contributed by atoms with Crippen molar-refractivity contribution in [3.05, 3.63) is 0 Å². The number of hydrogen-bond acceptors (Lipinski definition) is 2. The molecule has 0 aliphatic rings. The van der Waals surface area contributed by atoms with Crippen LogP contribution in [-0.2, 0) is 21.9 Å². The van der Waals surface area contributed by atoms with E-state index >= 15 is 0 Å². The molecule has 0 atom stereocenters. The van der Waals surface area contributed by atoms with E-state index < -0.39 is 5.97 Å². The summed E-state index contributed by atoms with van der Waals surface area (Å²) in [6.07, 6.45) is 0. The summed E-state index contributed by atoms with van der Waals surface area (Å²) >= 11 is 0. The molecule has 5 heteroatoms. The van der Waals surface area contributed by atoms with Gasteiger partial charge >= 0.3 is 5.97 Å². The molecule has 0 heterocycles. The molecule has 0 bridgehead atoms. The molecule has 0 radical (unpaired) electrons. The van der Waals surface area contributed by atoms with Gasteiger partial charge in [-0.2, -0.15) is 0 Å². The van der Waals surface area contributed by atoms with Gasteiger partial charge in [0.2, 0.25) is 0 Å². The van der Waals surface area contributed by atoms with Crippen molar-refractivity contribution >= 4 is 5.97 Å². The Bertz CT molecular complexity index is 48.2. The van der Waals surface area contributed by atoms with E-state index in [1.165, 1.54) is 0 Å². The van der Waals surface area contributed by atoms with Crippen LogP contribution in [-0.4, -0.2) is 23.1 Å². The second-order valence-corrected chi connectivity index (χ2v) is 0.598. The second kappa shape index (κ2) is 9.32. The third-order valence-corrected chi connectivity index (χ3v) is 0.175. The van der Waals surface area contributed by atoms with Crippen LogP contribution >= 0.6 is 0 Å². The van der Waals surface area contributed by atoms with Gasteiger partial charge in [-0.15, -0.1) is 0 Å². The normalized spacial score (nSPS) is 5.29. The van der Waals surface area contributed by atoms with Crippen LogP contribution in [0.1, 0.15) is 0 Å². The first-order valence-electron chi connectivity index (χ1n) is 1.19. The van der Waals surface area contributed by atoms with Crippen LogP contribution in [0.2, 0.25) is 0 Å². The Balaban J connectivity index is -0.0000000800. The fourth-order valence-electron chi connectivity index (χ4n) is 0. The number of nitrogens with two attached hydrogens (primary N) is 1. The average Bonchev–Trinajstić information content (AvgIpc) is 1.38. The van der Waals surface area contributed by atoms with Crippen LogP contribution < -0.4 is 5.73 Å². The molecule has 4 nitrogen and oxygen atoms in total. The van der Waals surface area contributed by atoms with E-state index in [4.69, 9.17) is 5.11 Å². The van der Waals surface area contributed by atoms with Gasteiger partial charge in [-0.3, -0.25) is 4.79 Å². The summed E-state index contributed by atoms with van der Waals surface area (Å²) in [4.78, 5) is 9.24. The Kier molecular flexibility index (Phi) is 21.0. The van der Waals surface area contributed by atoms with Crippen LogP contribution in [0.3, 0.4) is 0 Å². The molecule has 0 amide bonds. The molecule has 0 saturated heterocycles. The van der Waals surface area contributed by atoms with Crippen molar-refractivity contribution in [1.29, 1.82) is 0 Å². The van der Waals surface area contributed by atoms with Gasteiger partial charge in [0.25, 0.3) is 0 Å². The average molecular weight is 149 g/mol. The van der Waals surface area contributed by atoms with E-state index in [2.05, 4.69) is 5.73 Å². The summed E-state index contributed by atoms with van der Waals surface area (Å²) < 4.78 is 0. The van der Waals surface area contributed by atoms with E-state index in [9.17, 15) is 4.79 Å². The minimum atomic E-state index is -0.968. The first kappa shape index (κ1) is 15.8. The van der Waals surface area contributed by atoms with Gasteiger partial charge in [-0.25, -0.2) is 0 Å². The van der Waals surface area contributed by atoms with Gasteiger partial charge < -0.3 is 16.3 Å². The molecule has 0 aromatic heterocycles. The summed E-state index contributed by atoms with van der Waals surface area (Å²) in [5.41, 5.74) is 4.57. The molecule has 0 unspecified atom stereocenters. The van der Waals surface area contributed by atoms with Crippen molar-refractivity contribution in [2.75, 3.05) is 6.54 Å². The monoisotopic (exact) mass is 149 g/mol. The van der Waals surface area contributed by atoms with Crippen molar-refractivity contribution in [3.8, 4) is 0 Å². The molecule has 0 saturated carbocycles. The third-order valence-electron chi connectivity index (χ3n) is 0.175. The van der Waals surface area contributed by atoms with Crippen molar-refractivity contribution in [2.45, 2.75) is 0 Å². The van der Waals surface area contributed by atoms with Crippen molar-refractivity contribution in [3.63, 3.8) is 0 Å². The minimum absolute atomic E-state index is 0. The van der Waals surface area contributed by atoms with Crippen LogP contribution in [0.25, 0.3) is 0 Å². The zero-order chi connectivity index (χ0) is 4.28. The van der Waals surface area contributed by atoms with Gasteiger partial charge in [-0.05, 0) is 0 Å². The molecular formula is C2H7FeNO3. The molecule has 0 rings (SSSR count). The molecule has 0 aromatic carbocycles. The largest absolute Gasteiger partial charge is 0.480 e. The molecule has 0 aliphatic carbocycles. The zero-order valence-electron chi connectivity index (χ0n) is 3.49. The Morgan fingerprint density at radius 2 is 1.86 bits per heavy atom. The first-order chi connectivity index (χ1) is 2.27. The molecular weight excluding hydrogens is 142 g/mol. The maximum Gasteiger partial charge on any atom is 0.317 e. The molecule has 0 spiro atoms. The Labute approximate surface area is 51.5 Å². The van der Waals surface area contributed by atoms with Crippen LogP contribution in [0.15, 0.2) is 0 Å². The number of hydrogen-bond donors (Lipinski definition) is 2. The molecule has 7 heavy (non-hydrogen) atoms. The van der Waals surface area contributed by atoms with E-state index in [0.717, 1.165) is 0 Å². The summed E-state index contributed by atoms with van der Waals surface area (Å²) in [5.74, 6) is -0.968. The second-order valence-electron chi connectivity index (χ2n) is 0.598. The molecule has 46 valence electrons. The van der Waals surface area contributed by atoms with Gasteiger partial charge in [0.15, 0.2) is 0 Å². The Morgan fingerprint density at radius 3 is 1.86 bits per heavy atom. The summed E-state index contributed by atoms with van der Waals surface area (Å²) in [6, 6.07) is 0. The van der Waals surface area contributed by atoms with Crippen molar-refractivity contribution in [1.82, 2.24) is 0 Å². The maximum absolute atomic E-state index is 9.24. The summed E-state index contributed by atoms with van der Waals surface area (Å²) in [7, 11) is 0. The third kappa shape index (κ3) is 24.8. The van der Waals surface area contributed by atoms with Gasteiger partial charge in [0.1, 0.15) is 0 Å². The number of carboxylic acids is 1. The molecule has 0 aromatic rings. The first-order valence-corrected chi connectivity index (χ1v) is 1.19. The number of aliphatic carboxylic acids is 1. The number of carbonyl (C=O) groups is 1. The molecule has 0 fully saturated rings. The van der Waals surface area contributed by atoms with Crippen LogP contribution in [0, 0.1) is 0 Å². The number of carboxylic acid groups (broad SMARTS) is 1. The van der Waals surface area contributed by atoms with Crippen molar-refractivity contribution < 1.29 is 32.4 Å². The predicted molar refractivity (Wildman–Crippen MR) is 20.3 cm³/mol. The van der Waals surface area contributed by atoms with Gasteiger partial charge in [-0.1, -0.05) is 0 Å². The fraction of sp³-hybridized carbons (Fsp3) is 0.500. The van der Waals surface area contributed by atoms with E-state index in [1.807, 2.05) is 0 Å². The van der Waals surface area contributed by atoms with E-state index in [-0.39, 0.29) is 29.1 Å². The van der Waals surface area contributed by atoms with Crippen LogP contribution in [0.4, 0.5) is 0 Å². The minimum Gasteiger partial charge on any atom is -0.480 e. The van der Waals surface area contributed by atoms with E-state index in [1.54, 1.807) is 0 Å². The predicted octanol–water partition coefficient (Wildman–Crippen LogP) is -1.80.